The lowest BCUT2D eigenvalue weighted by atomic mass is 10.2. The normalized spacial score (nSPS) is 18.7. The largest absolute Gasteiger partial charge is 0.481 e. The van der Waals surface area contributed by atoms with Crippen LogP contribution in [0.15, 0.2) is 29.2 Å². The number of benzene rings is 1. The fourth-order valence-corrected chi connectivity index (χ4v) is 3.56. The fraction of sp³-hybridized carbons (Fsp3) is 0.611. The molecular formula is C18H28N2O5S. The quantitative estimate of drug-likeness (QED) is 0.676. The maximum absolute atomic E-state index is 12.3. The Bertz CT molecular complexity index is 682. The summed E-state index contributed by atoms with van der Waals surface area (Å²) in [6, 6.07) is 6.03. The molecule has 1 saturated heterocycles. The minimum atomic E-state index is -3.59. The van der Waals surface area contributed by atoms with E-state index >= 15 is 0 Å². The van der Waals surface area contributed by atoms with Crippen LogP contribution in [0, 0.1) is 5.92 Å². The Morgan fingerprint density at radius 2 is 1.96 bits per heavy atom. The Labute approximate surface area is 155 Å². The van der Waals surface area contributed by atoms with Crippen LogP contribution in [0.3, 0.4) is 0 Å². The van der Waals surface area contributed by atoms with Crippen molar-refractivity contribution >= 4 is 15.9 Å². The standard InChI is InChI=1S/C18H28N2O5S/c1-13(2)11-19-18(21)14(3)25-15-6-8-17(9-7-15)26(22,23)20-12-16-5-4-10-24-16/h6-9,13-14,16,20H,4-5,10-12H2,1-3H3,(H,19,21)/t14-,16-/m1/s1. The van der Waals surface area contributed by atoms with Crippen molar-refractivity contribution in [3.63, 3.8) is 0 Å². The topological polar surface area (TPSA) is 93.7 Å². The van der Waals surface area contributed by atoms with Crippen molar-refractivity contribution in [1.82, 2.24) is 10.0 Å². The Balaban J connectivity index is 1.89. The lowest BCUT2D eigenvalue weighted by Crippen LogP contribution is -2.38. The summed E-state index contributed by atoms with van der Waals surface area (Å²) in [5.41, 5.74) is 0. The predicted octanol–water partition coefficient (Wildman–Crippen LogP) is 1.68. The molecular weight excluding hydrogens is 356 g/mol. The van der Waals surface area contributed by atoms with Gasteiger partial charge >= 0.3 is 0 Å². The molecule has 146 valence electrons. The van der Waals surface area contributed by atoms with Gasteiger partial charge in [-0.3, -0.25) is 4.79 Å². The lowest BCUT2D eigenvalue weighted by molar-refractivity contribution is -0.127. The van der Waals surface area contributed by atoms with E-state index in [-0.39, 0.29) is 23.5 Å². The van der Waals surface area contributed by atoms with E-state index in [2.05, 4.69) is 10.0 Å². The van der Waals surface area contributed by atoms with Gasteiger partial charge in [-0.25, -0.2) is 13.1 Å². The molecule has 8 heteroatoms. The SMILES string of the molecule is CC(C)CNC(=O)[C@@H](C)Oc1ccc(S(=O)(=O)NC[C@H]2CCCO2)cc1. The second kappa shape index (κ2) is 9.34. The first-order valence-corrected chi connectivity index (χ1v) is 10.4. The monoisotopic (exact) mass is 384 g/mol. The molecule has 1 aromatic rings. The van der Waals surface area contributed by atoms with Gasteiger partial charge in [0.2, 0.25) is 10.0 Å². The molecule has 26 heavy (non-hydrogen) atoms. The highest BCUT2D eigenvalue weighted by atomic mass is 32.2. The van der Waals surface area contributed by atoms with E-state index in [1.165, 1.54) is 12.1 Å². The fourth-order valence-electron chi connectivity index (χ4n) is 2.49. The van der Waals surface area contributed by atoms with Gasteiger partial charge in [0.05, 0.1) is 11.0 Å². The third-order valence-electron chi connectivity index (χ3n) is 4.03. The Morgan fingerprint density at radius 1 is 1.27 bits per heavy atom. The molecule has 1 aliphatic heterocycles. The second-order valence-corrected chi connectivity index (χ2v) is 8.62. The van der Waals surface area contributed by atoms with Crippen LogP contribution in [-0.4, -0.2) is 46.2 Å². The van der Waals surface area contributed by atoms with Gasteiger partial charge < -0.3 is 14.8 Å². The summed E-state index contributed by atoms with van der Waals surface area (Å²) in [5.74, 6) is 0.599. The maximum atomic E-state index is 12.3. The number of hydrogen-bond donors (Lipinski definition) is 2. The molecule has 2 rings (SSSR count). The van der Waals surface area contributed by atoms with Crippen LogP contribution in [0.5, 0.6) is 5.75 Å². The summed E-state index contributed by atoms with van der Waals surface area (Å²) in [6.45, 7) is 7.22. The van der Waals surface area contributed by atoms with Gasteiger partial charge in [-0.1, -0.05) is 13.8 Å². The molecule has 1 fully saturated rings. The van der Waals surface area contributed by atoms with Crippen LogP contribution in [0.25, 0.3) is 0 Å². The third-order valence-corrected chi connectivity index (χ3v) is 5.47. The summed E-state index contributed by atoms with van der Waals surface area (Å²) in [7, 11) is -3.59. The second-order valence-electron chi connectivity index (χ2n) is 6.86. The van der Waals surface area contributed by atoms with Gasteiger partial charge in [0.15, 0.2) is 6.10 Å². The summed E-state index contributed by atoms with van der Waals surface area (Å²) < 4.78 is 38.2. The molecule has 0 unspecified atom stereocenters. The van der Waals surface area contributed by atoms with Crippen molar-refractivity contribution in [2.45, 2.75) is 50.7 Å². The highest BCUT2D eigenvalue weighted by Crippen LogP contribution is 2.18. The molecule has 0 radical (unpaired) electrons. The van der Waals surface area contributed by atoms with Crippen LogP contribution >= 0.6 is 0 Å². The van der Waals surface area contributed by atoms with E-state index in [1.807, 2.05) is 13.8 Å². The number of carbonyl (C=O) groups is 1. The van der Waals surface area contributed by atoms with Gasteiger partial charge in [0.25, 0.3) is 5.91 Å². The molecule has 0 saturated carbocycles. The van der Waals surface area contributed by atoms with Crippen molar-refractivity contribution in [2.75, 3.05) is 19.7 Å². The van der Waals surface area contributed by atoms with E-state index in [4.69, 9.17) is 9.47 Å². The van der Waals surface area contributed by atoms with Gasteiger partial charge in [0, 0.05) is 19.7 Å². The van der Waals surface area contributed by atoms with Crippen LogP contribution < -0.4 is 14.8 Å². The van der Waals surface area contributed by atoms with Crippen LogP contribution in [0.1, 0.15) is 33.6 Å². The van der Waals surface area contributed by atoms with Crippen molar-refractivity contribution < 1.29 is 22.7 Å². The van der Waals surface area contributed by atoms with Gasteiger partial charge in [0.1, 0.15) is 5.75 Å². The number of rotatable bonds is 9. The van der Waals surface area contributed by atoms with Gasteiger partial charge in [-0.2, -0.15) is 0 Å². The van der Waals surface area contributed by atoms with E-state index < -0.39 is 16.1 Å². The predicted molar refractivity (Wildman–Crippen MR) is 98.5 cm³/mol. The maximum Gasteiger partial charge on any atom is 0.260 e. The zero-order valence-electron chi connectivity index (χ0n) is 15.5. The zero-order chi connectivity index (χ0) is 19.2. The minimum absolute atomic E-state index is 0.0578. The molecule has 1 amide bonds. The number of sulfonamides is 1. The first-order valence-electron chi connectivity index (χ1n) is 8.93. The molecule has 1 aromatic carbocycles. The summed E-state index contributed by atoms with van der Waals surface area (Å²) in [6.07, 6.45) is 1.11. The van der Waals surface area contributed by atoms with Crippen LogP contribution in [-0.2, 0) is 19.6 Å². The Kier molecular flexibility index (Phi) is 7.43. The summed E-state index contributed by atoms with van der Waals surface area (Å²) in [4.78, 5) is 12.1. The molecule has 2 atom stereocenters. The molecule has 1 heterocycles. The first kappa shape index (κ1) is 20.7. The smallest absolute Gasteiger partial charge is 0.260 e. The molecule has 7 nitrogen and oxygen atoms in total. The molecule has 0 bridgehead atoms. The average molecular weight is 384 g/mol. The number of hydrogen-bond acceptors (Lipinski definition) is 5. The first-order chi connectivity index (χ1) is 12.3. The van der Waals surface area contributed by atoms with E-state index in [0.29, 0.717) is 24.8 Å². The lowest BCUT2D eigenvalue weighted by Gasteiger charge is -2.16. The van der Waals surface area contributed by atoms with E-state index in [9.17, 15) is 13.2 Å². The molecule has 2 N–H and O–H groups in total. The minimum Gasteiger partial charge on any atom is -0.481 e. The van der Waals surface area contributed by atoms with Gasteiger partial charge in [-0.15, -0.1) is 0 Å². The molecule has 1 aliphatic rings. The van der Waals surface area contributed by atoms with Crippen molar-refractivity contribution in [3.8, 4) is 5.75 Å². The van der Waals surface area contributed by atoms with E-state index in [1.54, 1.807) is 19.1 Å². The zero-order valence-corrected chi connectivity index (χ0v) is 16.3. The van der Waals surface area contributed by atoms with Crippen molar-refractivity contribution in [1.29, 1.82) is 0 Å². The van der Waals surface area contributed by atoms with Gasteiger partial charge in [-0.05, 0) is 49.9 Å². The molecule has 0 spiro atoms. The van der Waals surface area contributed by atoms with Crippen molar-refractivity contribution in [3.05, 3.63) is 24.3 Å². The Morgan fingerprint density at radius 3 is 2.54 bits per heavy atom. The number of nitrogens with one attached hydrogen (secondary N) is 2. The van der Waals surface area contributed by atoms with Crippen molar-refractivity contribution in [2.24, 2.45) is 5.92 Å². The van der Waals surface area contributed by atoms with Crippen LogP contribution in [0.2, 0.25) is 0 Å². The summed E-state index contributed by atoms with van der Waals surface area (Å²) in [5, 5.41) is 2.80. The molecule has 0 aliphatic carbocycles. The van der Waals surface area contributed by atoms with E-state index in [0.717, 1.165) is 12.8 Å². The number of ether oxygens (including phenoxy) is 2. The third kappa shape index (κ3) is 6.26. The average Bonchev–Trinajstić information content (AvgIpc) is 3.12. The Hall–Kier alpha value is -1.64. The highest BCUT2D eigenvalue weighted by molar-refractivity contribution is 7.89. The number of amides is 1. The number of carbonyl (C=O) groups excluding carboxylic acids is 1. The molecule has 0 aromatic heterocycles. The van der Waals surface area contributed by atoms with Crippen LogP contribution in [0.4, 0.5) is 0 Å². The highest BCUT2D eigenvalue weighted by Gasteiger charge is 2.20. The summed E-state index contributed by atoms with van der Waals surface area (Å²) >= 11 is 0.